The van der Waals surface area contributed by atoms with Crippen molar-refractivity contribution in [3.63, 3.8) is 0 Å². The number of carbonyl (C=O) groups is 2. The van der Waals surface area contributed by atoms with Crippen LogP contribution in [0.2, 0.25) is 0 Å². The maximum Gasteiger partial charge on any atom is 0.287 e. The minimum Gasteiger partial charge on any atom is -0.444 e. The minimum absolute atomic E-state index is 0.0206. The highest BCUT2D eigenvalue weighted by Gasteiger charge is 2.38. The van der Waals surface area contributed by atoms with Gasteiger partial charge in [-0.15, -0.1) is 0 Å². The third kappa shape index (κ3) is 4.19. The summed E-state index contributed by atoms with van der Waals surface area (Å²) >= 11 is 3.15. The first-order chi connectivity index (χ1) is 11.6. The molecule has 24 heavy (non-hydrogen) atoms. The van der Waals surface area contributed by atoms with E-state index >= 15 is 0 Å². The monoisotopic (exact) mass is 398 g/mol. The molecule has 7 heteroatoms. The fourth-order valence-electron chi connectivity index (χ4n) is 3.52. The first-order valence-corrected chi connectivity index (χ1v) is 9.33. The average molecular weight is 399 g/mol. The standard InChI is InChI=1S/C17H23BrN2O4/c18-14-6-5-13(24-14)16(22)19-11-15(21)20-9-10-23-17(12-20)7-3-1-2-4-8-17/h5-6H,1-4,7-12H2,(H,19,22). The molecule has 0 aromatic carbocycles. The van der Waals surface area contributed by atoms with E-state index in [4.69, 9.17) is 9.15 Å². The molecule has 1 aromatic rings. The summed E-state index contributed by atoms with van der Waals surface area (Å²) < 4.78 is 11.7. The van der Waals surface area contributed by atoms with Crippen molar-refractivity contribution >= 4 is 27.7 Å². The topological polar surface area (TPSA) is 71.8 Å². The van der Waals surface area contributed by atoms with Crippen molar-refractivity contribution in [1.29, 1.82) is 0 Å². The van der Waals surface area contributed by atoms with E-state index in [0.29, 0.717) is 24.4 Å². The number of amides is 2. The van der Waals surface area contributed by atoms with Crippen molar-refractivity contribution < 1.29 is 18.7 Å². The van der Waals surface area contributed by atoms with Crippen molar-refractivity contribution in [2.75, 3.05) is 26.2 Å². The van der Waals surface area contributed by atoms with Crippen molar-refractivity contribution in [1.82, 2.24) is 10.2 Å². The molecule has 1 saturated carbocycles. The molecule has 2 aliphatic rings. The molecule has 1 spiro atoms. The molecule has 0 radical (unpaired) electrons. The van der Waals surface area contributed by atoms with Crippen LogP contribution in [0.1, 0.15) is 49.1 Å². The number of carbonyl (C=O) groups excluding carboxylic acids is 2. The molecule has 3 rings (SSSR count). The van der Waals surface area contributed by atoms with E-state index in [1.807, 2.05) is 4.90 Å². The highest BCUT2D eigenvalue weighted by Crippen LogP contribution is 2.33. The van der Waals surface area contributed by atoms with Crippen LogP contribution in [0, 0.1) is 0 Å². The second-order valence-electron chi connectivity index (χ2n) is 6.55. The van der Waals surface area contributed by atoms with Gasteiger partial charge in [-0.05, 0) is 40.9 Å². The highest BCUT2D eigenvalue weighted by molar-refractivity contribution is 9.10. The van der Waals surface area contributed by atoms with Crippen LogP contribution in [0.4, 0.5) is 0 Å². The Morgan fingerprint density at radius 3 is 2.62 bits per heavy atom. The van der Waals surface area contributed by atoms with Crippen molar-refractivity contribution in [2.24, 2.45) is 0 Å². The Balaban J connectivity index is 1.53. The van der Waals surface area contributed by atoms with E-state index in [1.165, 1.54) is 12.8 Å². The fraction of sp³-hybridized carbons (Fsp3) is 0.647. The Labute approximate surface area is 150 Å². The van der Waals surface area contributed by atoms with Crippen molar-refractivity contribution in [3.05, 3.63) is 22.6 Å². The molecule has 2 heterocycles. The van der Waals surface area contributed by atoms with Crippen LogP contribution in [0.3, 0.4) is 0 Å². The summed E-state index contributed by atoms with van der Waals surface area (Å²) in [7, 11) is 0. The zero-order valence-corrected chi connectivity index (χ0v) is 15.3. The molecule has 1 aromatic heterocycles. The lowest BCUT2D eigenvalue weighted by Gasteiger charge is -2.42. The van der Waals surface area contributed by atoms with E-state index in [9.17, 15) is 9.59 Å². The molecule has 132 valence electrons. The number of halogens is 1. The van der Waals surface area contributed by atoms with Crippen LogP contribution in [0.5, 0.6) is 0 Å². The third-order valence-electron chi connectivity index (χ3n) is 4.81. The summed E-state index contributed by atoms with van der Waals surface area (Å²) in [6.45, 7) is 1.77. The maximum absolute atomic E-state index is 12.5. The zero-order valence-electron chi connectivity index (χ0n) is 13.7. The van der Waals surface area contributed by atoms with Gasteiger partial charge in [0.2, 0.25) is 5.91 Å². The summed E-state index contributed by atoms with van der Waals surface area (Å²) in [6, 6.07) is 3.22. The SMILES string of the molecule is O=C(NCC(=O)N1CCOC2(CCCCCC2)C1)c1ccc(Br)o1. The summed E-state index contributed by atoms with van der Waals surface area (Å²) in [5.41, 5.74) is -0.180. The number of morpholine rings is 1. The first-order valence-electron chi connectivity index (χ1n) is 8.53. The zero-order chi connectivity index (χ0) is 17.0. The Bertz CT molecular complexity index is 593. The smallest absolute Gasteiger partial charge is 0.287 e. The number of hydrogen-bond donors (Lipinski definition) is 1. The predicted octanol–water partition coefficient (Wildman–Crippen LogP) is 2.72. The number of furan rings is 1. The van der Waals surface area contributed by atoms with Gasteiger partial charge in [-0.3, -0.25) is 9.59 Å². The van der Waals surface area contributed by atoms with E-state index in [2.05, 4.69) is 21.2 Å². The quantitative estimate of drug-likeness (QED) is 0.849. The number of nitrogens with one attached hydrogen (secondary N) is 1. The first kappa shape index (κ1) is 17.5. The molecule has 1 aliphatic heterocycles. The van der Waals surface area contributed by atoms with Crippen molar-refractivity contribution in [3.8, 4) is 0 Å². The van der Waals surface area contributed by atoms with Gasteiger partial charge < -0.3 is 19.4 Å². The number of hydrogen-bond acceptors (Lipinski definition) is 4. The average Bonchev–Trinajstić information content (AvgIpc) is 2.90. The van der Waals surface area contributed by atoms with E-state index in [1.54, 1.807) is 12.1 Å². The van der Waals surface area contributed by atoms with E-state index < -0.39 is 0 Å². The molecule has 2 fully saturated rings. The van der Waals surface area contributed by atoms with Gasteiger partial charge in [0.15, 0.2) is 10.4 Å². The Morgan fingerprint density at radius 1 is 1.21 bits per heavy atom. The molecule has 0 atom stereocenters. The van der Waals surface area contributed by atoms with Crippen LogP contribution in [-0.4, -0.2) is 48.6 Å². The third-order valence-corrected chi connectivity index (χ3v) is 5.24. The van der Waals surface area contributed by atoms with Crippen LogP contribution < -0.4 is 5.32 Å². The lowest BCUT2D eigenvalue weighted by Crippen LogP contribution is -2.55. The van der Waals surface area contributed by atoms with Gasteiger partial charge in [0.25, 0.3) is 5.91 Å². The fourth-order valence-corrected chi connectivity index (χ4v) is 3.83. The Morgan fingerprint density at radius 2 is 1.96 bits per heavy atom. The molecule has 0 bridgehead atoms. The Kier molecular flexibility index (Phi) is 5.61. The van der Waals surface area contributed by atoms with Crippen LogP contribution in [0.25, 0.3) is 0 Å². The summed E-state index contributed by atoms with van der Waals surface area (Å²) in [4.78, 5) is 26.3. The molecular formula is C17H23BrN2O4. The second kappa shape index (κ2) is 7.70. The summed E-state index contributed by atoms with van der Waals surface area (Å²) in [5.74, 6) is -0.260. The Hall–Kier alpha value is -1.34. The molecule has 6 nitrogen and oxygen atoms in total. The summed E-state index contributed by atoms with van der Waals surface area (Å²) in [5, 5.41) is 2.63. The molecule has 0 unspecified atom stereocenters. The largest absolute Gasteiger partial charge is 0.444 e. The van der Waals surface area contributed by atoms with Crippen LogP contribution in [-0.2, 0) is 9.53 Å². The number of nitrogens with zero attached hydrogens (tertiary/aromatic N) is 1. The van der Waals surface area contributed by atoms with E-state index in [-0.39, 0.29) is 29.7 Å². The van der Waals surface area contributed by atoms with Crippen molar-refractivity contribution in [2.45, 2.75) is 44.1 Å². The van der Waals surface area contributed by atoms with Gasteiger partial charge in [0.1, 0.15) is 0 Å². The molecule has 1 N–H and O–H groups in total. The molecule has 1 saturated heterocycles. The van der Waals surface area contributed by atoms with Gasteiger partial charge in [-0.2, -0.15) is 0 Å². The molecule has 2 amide bonds. The van der Waals surface area contributed by atoms with Gasteiger partial charge in [-0.25, -0.2) is 0 Å². The summed E-state index contributed by atoms with van der Waals surface area (Å²) in [6.07, 6.45) is 6.84. The van der Waals surface area contributed by atoms with Crippen LogP contribution >= 0.6 is 15.9 Å². The molecule has 1 aliphatic carbocycles. The predicted molar refractivity (Wildman–Crippen MR) is 91.7 cm³/mol. The minimum atomic E-state index is -0.383. The normalized spacial score (nSPS) is 20.6. The van der Waals surface area contributed by atoms with E-state index in [0.717, 1.165) is 25.7 Å². The second-order valence-corrected chi connectivity index (χ2v) is 7.33. The number of ether oxygens (including phenoxy) is 1. The van der Waals surface area contributed by atoms with Gasteiger partial charge in [0.05, 0.1) is 18.8 Å². The van der Waals surface area contributed by atoms with Gasteiger partial charge >= 0.3 is 0 Å². The van der Waals surface area contributed by atoms with Crippen LogP contribution in [0.15, 0.2) is 21.2 Å². The maximum atomic E-state index is 12.5. The number of rotatable bonds is 3. The molecular weight excluding hydrogens is 376 g/mol. The van der Waals surface area contributed by atoms with Gasteiger partial charge in [-0.1, -0.05) is 25.7 Å². The van der Waals surface area contributed by atoms with Gasteiger partial charge in [0, 0.05) is 13.1 Å². The lowest BCUT2D eigenvalue weighted by atomic mass is 9.92. The highest BCUT2D eigenvalue weighted by atomic mass is 79.9. The lowest BCUT2D eigenvalue weighted by molar-refractivity contribution is -0.152.